The van der Waals surface area contributed by atoms with E-state index in [-0.39, 0.29) is 0 Å². The summed E-state index contributed by atoms with van der Waals surface area (Å²) in [6.45, 7) is 2.29. The largest absolute Gasteiger partial charge is 0.300 e. The third-order valence-electron chi connectivity index (χ3n) is 4.25. The van der Waals surface area contributed by atoms with Gasteiger partial charge in [0.25, 0.3) is 0 Å². The van der Waals surface area contributed by atoms with Gasteiger partial charge in [0.15, 0.2) is 0 Å². The second kappa shape index (κ2) is 11.3. The van der Waals surface area contributed by atoms with Crippen LogP contribution in [0.4, 0.5) is 0 Å². The predicted molar refractivity (Wildman–Crippen MR) is 83.4 cm³/mol. The first-order valence-corrected chi connectivity index (χ1v) is 8.52. The third-order valence-corrected chi connectivity index (χ3v) is 4.25. The van der Waals surface area contributed by atoms with E-state index >= 15 is 0 Å². The van der Waals surface area contributed by atoms with Crippen molar-refractivity contribution in [2.45, 2.75) is 96.8 Å². The van der Waals surface area contributed by atoms with Gasteiger partial charge in [0.1, 0.15) is 5.78 Å². The molecule has 0 saturated heterocycles. The average Bonchev–Trinajstić information content (AvgIpc) is 2.41. The summed E-state index contributed by atoms with van der Waals surface area (Å²) in [5.41, 5.74) is 1.67. The molecule has 1 aliphatic rings. The fraction of sp³-hybridized carbons (Fsp3) is 0.833. The first kappa shape index (κ1) is 16.5. The van der Waals surface area contributed by atoms with Gasteiger partial charge in [-0.25, -0.2) is 0 Å². The number of hydrogen-bond acceptors (Lipinski definition) is 1. The third kappa shape index (κ3) is 9.02. The van der Waals surface area contributed by atoms with E-state index in [1.807, 2.05) is 0 Å². The van der Waals surface area contributed by atoms with Crippen LogP contribution in [-0.4, -0.2) is 5.78 Å². The van der Waals surface area contributed by atoms with Gasteiger partial charge in [-0.3, -0.25) is 4.79 Å². The molecule has 0 N–H and O–H groups in total. The molecule has 19 heavy (non-hydrogen) atoms. The molecule has 0 bridgehead atoms. The number of carbonyl (C=O) groups excluding carboxylic acids is 1. The molecule has 1 heteroatoms. The maximum absolute atomic E-state index is 11.6. The van der Waals surface area contributed by atoms with Gasteiger partial charge in [-0.15, -0.1) is 0 Å². The van der Waals surface area contributed by atoms with E-state index in [9.17, 15) is 4.79 Å². The van der Waals surface area contributed by atoms with Gasteiger partial charge in [0.2, 0.25) is 0 Å². The zero-order valence-electron chi connectivity index (χ0n) is 12.9. The van der Waals surface area contributed by atoms with Crippen LogP contribution >= 0.6 is 0 Å². The maximum Gasteiger partial charge on any atom is 0.132 e. The number of ketones is 1. The van der Waals surface area contributed by atoms with Crippen LogP contribution in [-0.2, 0) is 4.79 Å². The normalized spacial score (nSPS) is 24.7. The smallest absolute Gasteiger partial charge is 0.132 e. The number of rotatable bonds is 1. The molecule has 0 aromatic rings. The molecule has 1 rings (SSSR count). The summed E-state index contributed by atoms with van der Waals surface area (Å²) in [7, 11) is 0. The highest BCUT2D eigenvalue weighted by molar-refractivity contribution is 5.78. The molecule has 0 aliphatic heterocycles. The first-order chi connectivity index (χ1) is 9.33. The number of hydrogen-bond donors (Lipinski definition) is 0. The fourth-order valence-corrected chi connectivity index (χ4v) is 2.88. The van der Waals surface area contributed by atoms with Crippen molar-refractivity contribution < 1.29 is 4.79 Å². The Bertz CT molecular complexity index is 265. The summed E-state index contributed by atoms with van der Waals surface area (Å²) in [4.78, 5) is 11.6. The standard InChI is InChI=1S/C18H32O/c1-2-17-13-9-5-3-7-11-15-18(19)16-12-8-4-6-10-14-17/h13H,2-12,14-16H2,1H3/b17-13+. The molecule has 1 nitrogen and oxygen atoms in total. The molecule has 0 amide bonds. The molecule has 1 aliphatic carbocycles. The monoisotopic (exact) mass is 264 g/mol. The Hall–Kier alpha value is -0.590. The minimum absolute atomic E-state index is 0.500. The summed E-state index contributed by atoms with van der Waals surface area (Å²) in [5.74, 6) is 0.500. The average molecular weight is 264 g/mol. The van der Waals surface area contributed by atoms with Gasteiger partial charge >= 0.3 is 0 Å². The molecule has 0 aromatic heterocycles. The summed E-state index contributed by atoms with van der Waals surface area (Å²) < 4.78 is 0. The molecule has 0 unspecified atom stereocenters. The minimum atomic E-state index is 0.500. The minimum Gasteiger partial charge on any atom is -0.300 e. The van der Waals surface area contributed by atoms with E-state index in [0.717, 1.165) is 25.7 Å². The number of carbonyl (C=O) groups is 1. The summed E-state index contributed by atoms with van der Waals surface area (Å²) >= 11 is 0. The fourth-order valence-electron chi connectivity index (χ4n) is 2.88. The van der Waals surface area contributed by atoms with Crippen molar-refractivity contribution >= 4 is 5.78 Å². The molecule has 0 aromatic carbocycles. The Balaban J connectivity index is 2.32. The highest BCUT2D eigenvalue weighted by Crippen LogP contribution is 2.17. The van der Waals surface area contributed by atoms with Crippen LogP contribution in [0.25, 0.3) is 0 Å². The quantitative estimate of drug-likeness (QED) is 0.533. The molecular weight excluding hydrogens is 232 g/mol. The molecule has 0 radical (unpaired) electrons. The Kier molecular flexibility index (Phi) is 9.75. The van der Waals surface area contributed by atoms with Crippen molar-refractivity contribution in [2.75, 3.05) is 0 Å². The summed E-state index contributed by atoms with van der Waals surface area (Å²) in [6, 6.07) is 0. The van der Waals surface area contributed by atoms with Gasteiger partial charge in [-0.1, -0.05) is 50.7 Å². The Morgan fingerprint density at radius 3 is 1.95 bits per heavy atom. The van der Waals surface area contributed by atoms with Crippen LogP contribution in [0.1, 0.15) is 96.8 Å². The van der Waals surface area contributed by atoms with Crippen molar-refractivity contribution in [2.24, 2.45) is 0 Å². The second-order valence-electron chi connectivity index (χ2n) is 5.98. The van der Waals surface area contributed by atoms with Gasteiger partial charge in [0, 0.05) is 12.8 Å². The molecule has 0 atom stereocenters. The van der Waals surface area contributed by atoms with Crippen molar-refractivity contribution in [3.8, 4) is 0 Å². The lowest BCUT2D eigenvalue weighted by atomic mass is 9.99. The van der Waals surface area contributed by atoms with Crippen LogP contribution < -0.4 is 0 Å². The summed E-state index contributed by atoms with van der Waals surface area (Å²) in [6.07, 6.45) is 19.2. The van der Waals surface area contributed by atoms with Crippen LogP contribution in [0.2, 0.25) is 0 Å². The zero-order chi connectivity index (χ0) is 13.8. The molecule has 0 heterocycles. The highest BCUT2D eigenvalue weighted by atomic mass is 16.1. The zero-order valence-corrected chi connectivity index (χ0v) is 12.9. The SMILES string of the molecule is CC/C1=C\CCCCCCC(=O)CCCCCCC1. The van der Waals surface area contributed by atoms with Crippen LogP contribution in [0, 0.1) is 0 Å². The van der Waals surface area contributed by atoms with Crippen molar-refractivity contribution in [1.29, 1.82) is 0 Å². The Morgan fingerprint density at radius 2 is 1.32 bits per heavy atom. The van der Waals surface area contributed by atoms with E-state index in [1.165, 1.54) is 64.2 Å². The molecule has 0 spiro atoms. The van der Waals surface area contributed by atoms with Gasteiger partial charge < -0.3 is 0 Å². The molecule has 110 valence electrons. The molecular formula is C18H32O. The van der Waals surface area contributed by atoms with E-state index in [0.29, 0.717) is 5.78 Å². The maximum atomic E-state index is 11.6. The van der Waals surface area contributed by atoms with Gasteiger partial charge in [-0.2, -0.15) is 0 Å². The highest BCUT2D eigenvalue weighted by Gasteiger charge is 2.03. The van der Waals surface area contributed by atoms with Crippen molar-refractivity contribution in [3.05, 3.63) is 11.6 Å². The molecule has 0 saturated carbocycles. The second-order valence-corrected chi connectivity index (χ2v) is 5.98. The predicted octanol–water partition coefficient (Wildman–Crippen LogP) is 5.98. The van der Waals surface area contributed by atoms with Crippen LogP contribution in [0.15, 0.2) is 11.6 Å². The first-order valence-electron chi connectivity index (χ1n) is 8.52. The van der Waals surface area contributed by atoms with E-state index in [4.69, 9.17) is 0 Å². The lowest BCUT2D eigenvalue weighted by Gasteiger charge is -2.07. The number of allylic oxidation sites excluding steroid dienone is 2. The van der Waals surface area contributed by atoms with E-state index in [1.54, 1.807) is 5.57 Å². The topological polar surface area (TPSA) is 17.1 Å². The number of Topliss-reactive ketones (excluding diaryl/α,β-unsaturated/α-hetero) is 1. The Labute approximate surface area is 119 Å². The Morgan fingerprint density at radius 1 is 0.789 bits per heavy atom. The van der Waals surface area contributed by atoms with Gasteiger partial charge in [0.05, 0.1) is 0 Å². The summed E-state index contributed by atoms with van der Waals surface area (Å²) in [5, 5.41) is 0. The molecule has 0 fully saturated rings. The van der Waals surface area contributed by atoms with Crippen molar-refractivity contribution in [1.82, 2.24) is 0 Å². The lowest BCUT2D eigenvalue weighted by Crippen LogP contribution is -1.97. The van der Waals surface area contributed by atoms with Crippen molar-refractivity contribution in [3.63, 3.8) is 0 Å². The van der Waals surface area contributed by atoms with Gasteiger partial charge in [-0.05, 0) is 44.9 Å². The van der Waals surface area contributed by atoms with Crippen LogP contribution in [0.5, 0.6) is 0 Å². The van der Waals surface area contributed by atoms with E-state index < -0.39 is 0 Å². The van der Waals surface area contributed by atoms with E-state index in [2.05, 4.69) is 13.0 Å². The van der Waals surface area contributed by atoms with Crippen LogP contribution in [0.3, 0.4) is 0 Å². The lowest BCUT2D eigenvalue weighted by molar-refractivity contribution is -0.119.